The molecule has 0 aromatic carbocycles. The van der Waals surface area contributed by atoms with Gasteiger partial charge >= 0.3 is 0 Å². The Bertz CT molecular complexity index is 424. The van der Waals surface area contributed by atoms with Crippen LogP contribution in [0.1, 0.15) is 37.6 Å². The number of anilines is 1. The van der Waals surface area contributed by atoms with Crippen LogP contribution < -0.4 is 5.32 Å². The van der Waals surface area contributed by atoms with Gasteiger partial charge in [0, 0.05) is 24.8 Å². The van der Waals surface area contributed by atoms with Gasteiger partial charge in [-0.15, -0.1) is 0 Å². The summed E-state index contributed by atoms with van der Waals surface area (Å²) in [7, 11) is 0. The van der Waals surface area contributed by atoms with Crippen LogP contribution in [-0.4, -0.2) is 52.3 Å². The molecule has 1 aromatic rings. The Morgan fingerprint density at radius 1 is 1.50 bits per heavy atom. The molecule has 0 aliphatic carbocycles. The fourth-order valence-corrected chi connectivity index (χ4v) is 2.65. The Hall–Kier alpha value is -1.20. The second-order valence-electron chi connectivity index (χ2n) is 5.52. The largest absolute Gasteiger partial charge is 0.392 e. The molecule has 1 aliphatic rings. The third kappa shape index (κ3) is 4.42. The third-order valence-electron chi connectivity index (χ3n) is 3.79. The molecule has 0 unspecified atom stereocenters. The minimum Gasteiger partial charge on any atom is -0.392 e. The van der Waals surface area contributed by atoms with Gasteiger partial charge < -0.3 is 15.3 Å². The zero-order valence-electron chi connectivity index (χ0n) is 12.6. The molecular formula is C15H26N4O. The van der Waals surface area contributed by atoms with Gasteiger partial charge in [-0.2, -0.15) is 0 Å². The van der Waals surface area contributed by atoms with E-state index in [1.165, 1.54) is 5.56 Å². The first-order chi connectivity index (χ1) is 9.69. The van der Waals surface area contributed by atoms with Gasteiger partial charge in [-0.3, -0.25) is 0 Å². The van der Waals surface area contributed by atoms with E-state index >= 15 is 0 Å². The lowest BCUT2D eigenvalue weighted by Crippen LogP contribution is -2.39. The molecule has 2 heterocycles. The van der Waals surface area contributed by atoms with Crippen LogP contribution in [0.2, 0.25) is 0 Å². The average molecular weight is 278 g/mol. The minimum atomic E-state index is -0.132. The summed E-state index contributed by atoms with van der Waals surface area (Å²) < 4.78 is 0. The van der Waals surface area contributed by atoms with Crippen LogP contribution in [-0.2, 0) is 6.42 Å². The maximum absolute atomic E-state index is 9.64. The van der Waals surface area contributed by atoms with Gasteiger partial charge in [0.05, 0.1) is 6.10 Å². The highest BCUT2D eigenvalue weighted by molar-refractivity contribution is 5.42. The van der Waals surface area contributed by atoms with Crippen LogP contribution >= 0.6 is 0 Å². The maximum atomic E-state index is 9.64. The molecule has 0 bridgehead atoms. The number of aromatic nitrogens is 2. The van der Waals surface area contributed by atoms with Crippen molar-refractivity contribution in [3.05, 3.63) is 17.6 Å². The van der Waals surface area contributed by atoms with Crippen molar-refractivity contribution in [1.82, 2.24) is 14.9 Å². The van der Waals surface area contributed by atoms with Crippen LogP contribution in [0.3, 0.4) is 0 Å². The Morgan fingerprint density at radius 2 is 2.35 bits per heavy atom. The number of β-amino-alcohol motifs (C(OH)–C–C–N with tert-alkyl or cyclic N) is 1. The highest BCUT2D eigenvalue weighted by Gasteiger charge is 2.16. The Balaban J connectivity index is 1.74. The van der Waals surface area contributed by atoms with Gasteiger partial charge in [0.25, 0.3) is 0 Å². The van der Waals surface area contributed by atoms with E-state index in [-0.39, 0.29) is 6.10 Å². The summed E-state index contributed by atoms with van der Waals surface area (Å²) in [5.41, 5.74) is 1.17. The molecule has 1 aliphatic heterocycles. The Morgan fingerprint density at radius 3 is 3.10 bits per heavy atom. The normalized spacial score (nSPS) is 20.1. The van der Waals surface area contributed by atoms with E-state index in [1.807, 2.05) is 13.1 Å². The predicted molar refractivity (Wildman–Crippen MR) is 80.9 cm³/mol. The average Bonchev–Trinajstić information content (AvgIpc) is 2.44. The molecule has 0 radical (unpaired) electrons. The quantitative estimate of drug-likeness (QED) is 0.774. The highest BCUT2D eigenvalue weighted by atomic mass is 16.3. The minimum absolute atomic E-state index is 0.132. The molecule has 2 N–H and O–H groups in total. The van der Waals surface area contributed by atoms with Crippen LogP contribution in [0.15, 0.2) is 6.20 Å². The highest BCUT2D eigenvalue weighted by Crippen LogP contribution is 2.13. The van der Waals surface area contributed by atoms with Gasteiger partial charge in [-0.1, -0.05) is 6.92 Å². The lowest BCUT2D eigenvalue weighted by molar-refractivity contribution is 0.0706. The van der Waals surface area contributed by atoms with Crippen molar-refractivity contribution < 1.29 is 5.11 Å². The lowest BCUT2D eigenvalue weighted by Gasteiger charge is -2.29. The molecule has 5 heteroatoms. The van der Waals surface area contributed by atoms with Gasteiger partial charge in [0.1, 0.15) is 11.6 Å². The molecule has 1 saturated heterocycles. The second kappa shape index (κ2) is 7.55. The van der Waals surface area contributed by atoms with E-state index in [2.05, 4.69) is 27.1 Å². The summed E-state index contributed by atoms with van der Waals surface area (Å²) in [6.07, 6.45) is 5.85. The smallest absolute Gasteiger partial charge is 0.132 e. The Labute approximate surface area is 121 Å². The molecule has 2 rings (SSSR count). The van der Waals surface area contributed by atoms with Gasteiger partial charge in [0.15, 0.2) is 0 Å². The number of hydrogen-bond donors (Lipinski definition) is 2. The van der Waals surface area contributed by atoms with Crippen LogP contribution in [0, 0.1) is 6.92 Å². The van der Waals surface area contributed by atoms with E-state index < -0.39 is 0 Å². The first-order valence-corrected chi connectivity index (χ1v) is 7.66. The molecule has 0 spiro atoms. The summed E-state index contributed by atoms with van der Waals surface area (Å²) in [6.45, 7) is 7.93. The number of piperidine rings is 1. The van der Waals surface area contributed by atoms with Crippen molar-refractivity contribution >= 4 is 5.82 Å². The third-order valence-corrected chi connectivity index (χ3v) is 3.79. The first-order valence-electron chi connectivity index (χ1n) is 7.66. The SMILES string of the molecule is CCc1cnc(C)nc1NCCCN1CCC[C@H](O)C1. The summed E-state index contributed by atoms with van der Waals surface area (Å²) in [5, 5.41) is 13.1. The van der Waals surface area contributed by atoms with Crippen molar-refractivity contribution in [1.29, 1.82) is 0 Å². The molecule has 1 aromatic heterocycles. The van der Waals surface area contributed by atoms with Crippen molar-refractivity contribution in [3.8, 4) is 0 Å². The van der Waals surface area contributed by atoms with E-state index in [0.29, 0.717) is 0 Å². The molecule has 112 valence electrons. The monoisotopic (exact) mass is 278 g/mol. The summed E-state index contributed by atoms with van der Waals surface area (Å²) in [5.74, 6) is 1.78. The zero-order chi connectivity index (χ0) is 14.4. The summed E-state index contributed by atoms with van der Waals surface area (Å²) >= 11 is 0. The number of aliphatic hydroxyl groups excluding tert-OH is 1. The number of aryl methyl sites for hydroxylation is 2. The lowest BCUT2D eigenvalue weighted by atomic mass is 10.1. The summed E-state index contributed by atoms with van der Waals surface area (Å²) in [4.78, 5) is 11.0. The van der Waals surface area contributed by atoms with E-state index in [9.17, 15) is 5.11 Å². The van der Waals surface area contributed by atoms with E-state index in [4.69, 9.17) is 0 Å². The number of nitrogens with one attached hydrogen (secondary N) is 1. The number of hydrogen-bond acceptors (Lipinski definition) is 5. The number of likely N-dealkylation sites (tertiary alicyclic amines) is 1. The van der Waals surface area contributed by atoms with E-state index in [0.717, 1.165) is 63.5 Å². The second-order valence-corrected chi connectivity index (χ2v) is 5.52. The molecule has 0 saturated carbocycles. The van der Waals surface area contributed by atoms with Gasteiger partial charge in [-0.05, 0) is 45.7 Å². The molecule has 20 heavy (non-hydrogen) atoms. The van der Waals surface area contributed by atoms with E-state index in [1.54, 1.807) is 0 Å². The van der Waals surface area contributed by atoms with Crippen LogP contribution in [0.5, 0.6) is 0 Å². The van der Waals surface area contributed by atoms with Crippen molar-refractivity contribution in [2.24, 2.45) is 0 Å². The summed E-state index contributed by atoms with van der Waals surface area (Å²) in [6, 6.07) is 0. The number of nitrogens with zero attached hydrogens (tertiary/aromatic N) is 3. The van der Waals surface area contributed by atoms with Crippen molar-refractivity contribution in [3.63, 3.8) is 0 Å². The molecule has 5 nitrogen and oxygen atoms in total. The van der Waals surface area contributed by atoms with Gasteiger partial charge in [0.2, 0.25) is 0 Å². The molecule has 0 amide bonds. The predicted octanol–water partition coefficient (Wildman–Crippen LogP) is 1.61. The number of aliphatic hydroxyl groups is 1. The van der Waals surface area contributed by atoms with Crippen LogP contribution in [0.4, 0.5) is 5.82 Å². The Kier molecular flexibility index (Phi) is 5.73. The zero-order valence-corrected chi connectivity index (χ0v) is 12.6. The molecule has 1 fully saturated rings. The fourth-order valence-electron chi connectivity index (χ4n) is 2.65. The fraction of sp³-hybridized carbons (Fsp3) is 0.733. The topological polar surface area (TPSA) is 61.3 Å². The molecule has 1 atom stereocenters. The molecular weight excluding hydrogens is 252 g/mol. The number of rotatable bonds is 6. The maximum Gasteiger partial charge on any atom is 0.132 e. The first kappa shape index (κ1) is 15.2. The van der Waals surface area contributed by atoms with Crippen molar-refractivity contribution in [2.75, 3.05) is 31.5 Å². The van der Waals surface area contributed by atoms with Crippen molar-refractivity contribution in [2.45, 2.75) is 45.6 Å². The van der Waals surface area contributed by atoms with Gasteiger partial charge in [-0.25, -0.2) is 9.97 Å². The standard InChI is InChI=1S/C15H26N4O/c1-3-13-10-17-12(2)18-15(13)16-7-5-9-19-8-4-6-14(20)11-19/h10,14,20H,3-9,11H2,1-2H3,(H,16,17,18)/t14-/m0/s1. The van der Waals surface area contributed by atoms with Crippen LogP contribution in [0.25, 0.3) is 0 Å².